The molecule has 0 aliphatic carbocycles. The second-order valence-corrected chi connectivity index (χ2v) is 5.30. The van der Waals surface area contributed by atoms with Crippen molar-refractivity contribution in [2.75, 3.05) is 0 Å². The third-order valence-corrected chi connectivity index (χ3v) is 3.20. The standard InChI is InChI=1S/C19H19NO2/c1-14(2)19(22)20-17(15-9-5-3-6-10-15)13-18(21)16-11-7-4-8-12-16/h3-14H,1-2H3,(H,20,22)/b17-13-. The summed E-state index contributed by atoms with van der Waals surface area (Å²) < 4.78 is 0. The van der Waals surface area contributed by atoms with Gasteiger partial charge in [0, 0.05) is 17.6 Å². The van der Waals surface area contributed by atoms with Gasteiger partial charge in [0.25, 0.3) is 0 Å². The number of hydrogen-bond acceptors (Lipinski definition) is 2. The Hall–Kier alpha value is -2.68. The molecule has 2 aromatic rings. The molecule has 0 aliphatic rings. The predicted molar refractivity (Wildman–Crippen MR) is 88.2 cm³/mol. The number of carbonyl (C=O) groups excluding carboxylic acids is 2. The molecule has 3 heteroatoms. The van der Waals surface area contributed by atoms with Gasteiger partial charge in [-0.05, 0) is 5.56 Å². The van der Waals surface area contributed by atoms with E-state index in [1.807, 2.05) is 62.4 Å². The fraction of sp³-hybridized carbons (Fsp3) is 0.158. The average Bonchev–Trinajstić information content (AvgIpc) is 2.55. The minimum Gasteiger partial charge on any atom is -0.325 e. The summed E-state index contributed by atoms with van der Waals surface area (Å²) in [6.45, 7) is 3.63. The fourth-order valence-corrected chi connectivity index (χ4v) is 1.90. The quantitative estimate of drug-likeness (QED) is 0.675. The van der Waals surface area contributed by atoms with Gasteiger partial charge in [-0.3, -0.25) is 9.59 Å². The van der Waals surface area contributed by atoms with Crippen molar-refractivity contribution < 1.29 is 9.59 Å². The van der Waals surface area contributed by atoms with Gasteiger partial charge in [-0.1, -0.05) is 74.5 Å². The van der Waals surface area contributed by atoms with Crippen molar-refractivity contribution in [3.8, 4) is 0 Å². The minimum atomic E-state index is -0.154. The maximum Gasteiger partial charge on any atom is 0.226 e. The Bertz CT molecular complexity index is 673. The second-order valence-electron chi connectivity index (χ2n) is 5.30. The van der Waals surface area contributed by atoms with Crippen LogP contribution in [-0.4, -0.2) is 11.7 Å². The number of nitrogens with one attached hydrogen (secondary N) is 1. The van der Waals surface area contributed by atoms with Crippen LogP contribution in [0.3, 0.4) is 0 Å². The molecule has 0 heterocycles. The molecule has 2 rings (SSSR count). The first-order chi connectivity index (χ1) is 10.6. The van der Waals surface area contributed by atoms with Crippen LogP contribution in [0.2, 0.25) is 0 Å². The Morgan fingerprint density at radius 1 is 0.864 bits per heavy atom. The van der Waals surface area contributed by atoms with Crippen molar-refractivity contribution in [3.05, 3.63) is 77.9 Å². The maximum atomic E-state index is 12.4. The van der Waals surface area contributed by atoms with Crippen molar-refractivity contribution >= 4 is 17.4 Å². The molecule has 1 amide bonds. The molecule has 2 aromatic carbocycles. The zero-order chi connectivity index (χ0) is 15.9. The van der Waals surface area contributed by atoms with E-state index in [4.69, 9.17) is 0 Å². The summed E-state index contributed by atoms with van der Waals surface area (Å²) in [6, 6.07) is 18.4. The van der Waals surface area contributed by atoms with Crippen molar-refractivity contribution in [3.63, 3.8) is 0 Å². The maximum absolute atomic E-state index is 12.4. The van der Waals surface area contributed by atoms with E-state index in [-0.39, 0.29) is 17.6 Å². The normalized spacial score (nSPS) is 11.3. The molecule has 0 saturated heterocycles. The topological polar surface area (TPSA) is 46.2 Å². The molecular formula is C19H19NO2. The zero-order valence-corrected chi connectivity index (χ0v) is 12.7. The van der Waals surface area contributed by atoms with E-state index in [1.165, 1.54) is 6.08 Å². The first kappa shape index (κ1) is 15.7. The molecule has 0 bridgehead atoms. The molecule has 0 saturated carbocycles. The smallest absolute Gasteiger partial charge is 0.226 e. The van der Waals surface area contributed by atoms with Crippen LogP contribution < -0.4 is 5.32 Å². The number of benzene rings is 2. The highest BCUT2D eigenvalue weighted by molar-refractivity contribution is 6.09. The van der Waals surface area contributed by atoms with Crippen LogP contribution in [0.1, 0.15) is 29.8 Å². The SMILES string of the molecule is CC(C)C(=O)N/C(=C\C(=O)c1ccccc1)c1ccccc1. The molecule has 0 spiro atoms. The molecule has 0 radical (unpaired) electrons. The van der Waals surface area contributed by atoms with Crippen LogP contribution in [0.4, 0.5) is 0 Å². The van der Waals surface area contributed by atoms with Gasteiger partial charge >= 0.3 is 0 Å². The Morgan fingerprint density at radius 2 is 1.36 bits per heavy atom. The molecule has 0 fully saturated rings. The van der Waals surface area contributed by atoms with Crippen LogP contribution in [-0.2, 0) is 4.79 Å². The van der Waals surface area contributed by atoms with Crippen LogP contribution in [0.25, 0.3) is 5.70 Å². The number of amides is 1. The first-order valence-electron chi connectivity index (χ1n) is 7.25. The summed E-state index contributed by atoms with van der Waals surface area (Å²) in [5.74, 6) is -0.404. The van der Waals surface area contributed by atoms with Crippen LogP contribution in [0, 0.1) is 5.92 Å². The summed E-state index contributed by atoms with van der Waals surface area (Å²) in [5, 5.41) is 2.83. The second kappa shape index (κ2) is 7.36. The van der Waals surface area contributed by atoms with E-state index in [1.54, 1.807) is 12.1 Å². The number of ketones is 1. The molecule has 22 heavy (non-hydrogen) atoms. The average molecular weight is 293 g/mol. The monoisotopic (exact) mass is 293 g/mol. The molecule has 0 aromatic heterocycles. The Balaban J connectivity index is 2.34. The van der Waals surface area contributed by atoms with E-state index >= 15 is 0 Å². The van der Waals surface area contributed by atoms with Gasteiger partial charge in [-0.25, -0.2) is 0 Å². The largest absolute Gasteiger partial charge is 0.325 e. The van der Waals surface area contributed by atoms with Gasteiger partial charge in [0.05, 0.1) is 5.70 Å². The summed E-state index contributed by atoms with van der Waals surface area (Å²) in [6.07, 6.45) is 1.48. The van der Waals surface area contributed by atoms with E-state index < -0.39 is 0 Å². The van der Waals surface area contributed by atoms with Gasteiger partial charge in [-0.2, -0.15) is 0 Å². The highest BCUT2D eigenvalue weighted by Gasteiger charge is 2.12. The number of allylic oxidation sites excluding steroid dienone is 1. The van der Waals surface area contributed by atoms with Gasteiger partial charge in [0.1, 0.15) is 0 Å². The molecular weight excluding hydrogens is 274 g/mol. The minimum absolute atomic E-state index is 0.115. The fourth-order valence-electron chi connectivity index (χ4n) is 1.90. The lowest BCUT2D eigenvalue weighted by atomic mass is 10.1. The highest BCUT2D eigenvalue weighted by atomic mass is 16.2. The van der Waals surface area contributed by atoms with E-state index in [0.29, 0.717) is 11.3 Å². The van der Waals surface area contributed by atoms with Crippen molar-refractivity contribution in [2.24, 2.45) is 5.92 Å². The molecule has 0 atom stereocenters. The number of hydrogen-bond donors (Lipinski definition) is 1. The van der Waals surface area contributed by atoms with Crippen LogP contribution in [0.5, 0.6) is 0 Å². The van der Waals surface area contributed by atoms with Crippen molar-refractivity contribution in [2.45, 2.75) is 13.8 Å². The lowest BCUT2D eigenvalue weighted by Gasteiger charge is -2.12. The van der Waals surface area contributed by atoms with Crippen molar-refractivity contribution in [1.82, 2.24) is 5.32 Å². The lowest BCUT2D eigenvalue weighted by molar-refractivity contribution is -0.122. The van der Waals surface area contributed by atoms with E-state index in [9.17, 15) is 9.59 Å². The van der Waals surface area contributed by atoms with Gasteiger partial charge in [0.15, 0.2) is 5.78 Å². The van der Waals surface area contributed by atoms with E-state index in [2.05, 4.69) is 5.32 Å². The summed E-state index contributed by atoms with van der Waals surface area (Å²) in [4.78, 5) is 24.3. The molecule has 112 valence electrons. The summed E-state index contributed by atoms with van der Waals surface area (Å²) >= 11 is 0. The summed E-state index contributed by atoms with van der Waals surface area (Å²) in [7, 11) is 0. The third kappa shape index (κ3) is 4.16. The Morgan fingerprint density at radius 3 is 1.86 bits per heavy atom. The zero-order valence-electron chi connectivity index (χ0n) is 12.7. The van der Waals surface area contributed by atoms with Crippen LogP contribution in [0.15, 0.2) is 66.7 Å². The lowest BCUT2D eigenvalue weighted by Crippen LogP contribution is -2.26. The van der Waals surface area contributed by atoms with Gasteiger partial charge < -0.3 is 5.32 Å². The van der Waals surface area contributed by atoms with Crippen molar-refractivity contribution in [1.29, 1.82) is 0 Å². The summed E-state index contributed by atoms with van der Waals surface area (Å²) in [5.41, 5.74) is 1.92. The Labute approximate surface area is 130 Å². The Kier molecular flexibility index (Phi) is 5.26. The number of carbonyl (C=O) groups is 2. The van der Waals surface area contributed by atoms with Gasteiger partial charge in [-0.15, -0.1) is 0 Å². The first-order valence-corrected chi connectivity index (χ1v) is 7.25. The molecule has 3 nitrogen and oxygen atoms in total. The molecule has 1 N–H and O–H groups in total. The highest BCUT2D eigenvalue weighted by Crippen LogP contribution is 2.14. The van der Waals surface area contributed by atoms with E-state index in [0.717, 1.165) is 5.56 Å². The van der Waals surface area contributed by atoms with Crippen LogP contribution >= 0.6 is 0 Å². The molecule has 0 aliphatic heterocycles. The predicted octanol–water partition coefficient (Wildman–Crippen LogP) is 3.68. The third-order valence-electron chi connectivity index (χ3n) is 3.20. The number of rotatable bonds is 5. The molecule has 0 unspecified atom stereocenters. The van der Waals surface area contributed by atoms with Gasteiger partial charge in [0.2, 0.25) is 5.91 Å².